The maximum atomic E-state index is 12.2. The fourth-order valence-corrected chi connectivity index (χ4v) is 1.82. The molecule has 0 saturated carbocycles. The predicted molar refractivity (Wildman–Crippen MR) is 72.2 cm³/mol. The second kappa shape index (κ2) is 6.15. The van der Waals surface area contributed by atoms with Gasteiger partial charge in [-0.1, -0.05) is 19.1 Å². The highest BCUT2D eigenvalue weighted by atomic mass is 16.3. The maximum absolute atomic E-state index is 12.2. The van der Waals surface area contributed by atoms with E-state index < -0.39 is 0 Å². The molecule has 2 rings (SSSR count). The molecule has 1 aromatic heterocycles. The van der Waals surface area contributed by atoms with Gasteiger partial charge in [0.15, 0.2) is 0 Å². The molecule has 1 amide bonds. The van der Waals surface area contributed by atoms with Gasteiger partial charge in [0.1, 0.15) is 0 Å². The third kappa shape index (κ3) is 3.00. The van der Waals surface area contributed by atoms with Crippen LogP contribution >= 0.6 is 0 Å². The lowest BCUT2D eigenvalue weighted by molar-refractivity contribution is 0.0915. The van der Waals surface area contributed by atoms with E-state index in [0.29, 0.717) is 12.0 Å². The van der Waals surface area contributed by atoms with E-state index in [-0.39, 0.29) is 18.6 Å². The number of carbonyl (C=O) groups excluding carboxylic acids is 1. The van der Waals surface area contributed by atoms with E-state index in [2.05, 4.69) is 10.4 Å². The molecule has 0 aliphatic rings. The Morgan fingerprint density at radius 3 is 2.84 bits per heavy atom. The average molecular weight is 259 g/mol. The smallest absolute Gasteiger partial charge is 0.253 e. The second-order valence-corrected chi connectivity index (χ2v) is 4.23. The maximum Gasteiger partial charge on any atom is 0.253 e. The molecule has 1 atom stereocenters. The SMILES string of the molecule is CCC(CO)NC(=O)c1ccccc1-n1cccn1. The van der Waals surface area contributed by atoms with Crippen LogP contribution in [0.25, 0.3) is 5.69 Å². The van der Waals surface area contributed by atoms with Crippen molar-refractivity contribution in [2.45, 2.75) is 19.4 Å². The molecule has 5 nitrogen and oxygen atoms in total. The van der Waals surface area contributed by atoms with E-state index in [1.165, 1.54) is 0 Å². The summed E-state index contributed by atoms with van der Waals surface area (Å²) in [5.41, 5.74) is 1.26. The van der Waals surface area contributed by atoms with E-state index in [1.54, 1.807) is 29.2 Å². The third-order valence-electron chi connectivity index (χ3n) is 2.95. The topological polar surface area (TPSA) is 67.2 Å². The molecule has 0 aliphatic carbocycles. The standard InChI is InChI=1S/C14H17N3O2/c1-2-11(10-18)16-14(19)12-6-3-4-7-13(12)17-9-5-8-15-17/h3-9,11,18H,2,10H2,1H3,(H,16,19). The zero-order valence-electron chi connectivity index (χ0n) is 10.8. The van der Waals surface area contributed by atoms with Crippen LogP contribution in [-0.4, -0.2) is 33.4 Å². The quantitative estimate of drug-likeness (QED) is 0.852. The number of nitrogens with zero attached hydrogens (tertiary/aromatic N) is 2. The molecule has 0 fully saturated rings. The number of rotatable bonds is 5. The van der Waals surface area contributed by atoms with Gasteiger partial charge in [0.2, 0.25) is 0 Å². The van der Waals surface area contributed by atoms with Gasteiger partial charge < -0.3 is 10.4 Å². The minimum Gasteiger partial charge on any atom is -0.394 e. The molecule has 100 valence electrons. The molecule has 19 heavy (non-hydrogen) atoms. The van der Waals surface area contributed by atoms with Crippen molar-refractivity contribution in [3.8, 4) is 5.69 Å². The first-order valence-corrected chi connectivity index (χ1v) is 6.27. The van der Waals surface area contributed by atoms with Crippen LogP contribution < -0.4 is 5.32 Å². The Labute approximate surface area is 111 Å². The van der Waals surface area contributed by atoms with Crippen LogP contribution in [0.15, 0.2) is 42.7 Å². The van der Waals surface area contributed by atoms with Crippen molar-refractivity contribution in [2.24, 2.45) is 0 Å². The highest BCUT2D eigenvalue weighted by Crippen LogP contribution is 2.13. The van der Waals surface area contributed by atoms with Gasteiger partial charge in [-0.05, 0) is 24.6 Å². The Hall–Kier alpha value is -2.14. The molecule has 0 aliphatic heterocycles. The lowest BCUT2D eigenvalue weighted by Crippen LogP contribution is -2.37. The second-order valence-electron chi connectivity index (χ2n) is 4.23. The molecule has 1 unspecified atom stereocenters. The summed E-state index contributed by atoms with van der Waals surface area (Å²) >= 11 is 0. The van der Waals surface area contributed by atoms with Gasteiger partial charge in [0.25, 0.3) is 5.91 Å². The van der Waals surface area contributed by atoms with Gasteiger partial charge in [-0.25, -0.2) is 4.68 Å². The first-order chi connectivity index (χ1) is 9.26. The molecular formula is C14H17N3O2. The number of hydrogen-bond donors (Lipinski definition) is 2. The van der Waals surface area contributed by atoms with Crippen molar-refractivity contribution in [1.29, 1.82) is 0 Å². The number of carbonyl (C=O) groups is 1. The number of aromatic nitrogens is 2. The lowest BCUT2D eigenvalue weighted by atomic mass is 10.1. The molecule has 0 bridgehead atoms. The normalized spacial score (nSPS) is 12.1. The molecule has 1 aromatic carbocycles. The number of para-hydroxylation sites is 1. The Kier molecular flexibility index (Phi) is 4.30. The van der Waals surface area contributed by atoms with E-state index in [9.17, 15) is 4.79 Å². The Morgan fingerprint density at radius 2 is 2.21 bits per heavy atom. The Bertz CT molecular complexity index is 533. The fraction of sp³-hybridized carbons (Fsp3) is 0.286. The summed E-state index contributed by atoms with van der Waals surface area (Å²) in [6.45, 7) is 1.85. The van der Waals surface area contributed by atoms with Crippen LogP contribution in [0, 0.1) is 0 Å². The highest BCUT2D eigenvalue weighted by molar-refractivity contribution is 5.97. The van der Waals surface area contributed by atoms with Gasteiger partial charge in [0.05, 0.1) is 23.9 Å². The van der Waals surface area contributed by atoms with Crippen molar-refractivity contribution in [3.63, 3.8) is 0 Å². The van der Waals surface area contributed by atoms with Crippen molar-refractivity contribution < 1.29 is 9.90 Å². The first-order valence-electron chi connectivity index (χ1n) is 6.27. The summed E-state index contributed by atoms with van der Waals surface area (Å²) in [5.74, 6) is -0.202. The summed E-state index contributed by atoms with van der Waals surface area (Å²) in [6.07, 6.45) is 4.14. The highest BCUT2D eigenvalue weighted by Gasteiger charge is 2.15. The molecule has 1 heterocycles. The first kappa shape index (κ1) is 13.3. The number of aliphatic hydroxyl groups is 1. The largest absolute Gasteiger partial charge is 0.394 e. The van der Waals surface area contributed by atoms with Crippen molar-refractivity contribution in [1.82, 2.24) is 15.1 Å². The minimum absolute atomic E-state index is 0.0633. The number of aliphatic hydroxyl groups excluding tert-OH is 1. The van der Waals surface area contributed by atoms with Crippen LogP contribution in [-0.2, 0) is 0 Å². The molecule has 2 aromatic rings. The molecule has 0 radical (unpaired) electrons. The average Bonchev–Trinajstić information content (AvgIpc) is 2.98. The lowest BCUT2D eigenvalue weighted by Gasteiger charge is -2.15. The summed E-state index contributed by atoms with van der Waals surface area (Å²) in [4.78, 5) is 12.2. The molecule has 0 spiro atoms. The number of hydrogen-bond acceptors (Lipinski definition) is 3. The van der Waals surface area contributed by atoms with E-state index in [4.69, 9.17) is 5.11 Å². The molecular weight excluding hydrogens is 242 g/mol. The van der Waals surface area contributed by atoms with Gasteiger partial charge >= 0.3 is 0 Å². The van der Waals surface area contributed by atoms with Crippen molar-refractivity contribution >= 4 is 5.91 Å². The summed E-state index contributed by atoms with van der Waals surface area (Å²) < 4.78 is 1.65. The van der Waals surface area contributed by atoms with Crippen LogP contribution in [0.1, 0.15) is 23.7 Å². The van der Waals surface area contributed by atoms with E-state index >= 15 is 0 Å². The predicted octanol–water partition coefficient (Wildman–Crippen LogP) is 1.37. The monoisotopic (exact) mass is 259 g/mol. The van der Waals surface area contributed by atoms with Gasteiger partial charge in [-0.2, -0.15) is 5.10 Å². The van der Waals surface area contributed by atoms with E-state index in [0.717, 1.165) is 5.69 Å². The van der Waals surface area contributed by atoms with Crippen molar-refractivity contribution in [3.05, 3.63) is 48.3 Å². The van der Waals surface area contributed by atoms with Crippen molar-refractivity contribution in [2.75, 3.05) is 6.61 Å². The van der Waals surface area contributed by atoms with Crippen LogP contribution in [0.2, 0.25) is 0 Å². The van der Waals surface area contributed by atoms with Gasteiger partial charge in [0, 0.05) is 12.4 Å². The zero-order valence-corrected chi connectivity index (χ0v) is 10.8. The summed E-state index contributed by atoms with van der Waals surface area (Å²) in [5, 5.41) is 16.1. The number of nitrogens with one attached hydrogen (secondary N) is 1. The van der Waals surface area contributed by atoms with Crippen LogP contribution in [0.3, 0.4) is 0 Å². The van der Waals surface area contributed by atoms with Gasteiger partial charge in [-0.15, -0.1) is 0 Å². The molecule has 5 heteroatoms. The Morgan fingerprint density at radius 1 is 1.42 bits per heavy atom. The fourth-order valence-electron chi connectivity index (χ4n) is 1.82. The number of amides is 1. The summed E-state index contributed by atoms with van der Waals surface area (Å²) in [7, 11) is 0. The van der Waals surface area contributed by atoms with Crippen LogP contribution in [0.4, 0.5) is 0 Å². The molecule has 0 saturated heterocycles. The van der Waals surface area contributed by atoms with E-state index in [1.807, 2.05) is 25.1 Å². The Balaban J connectivity index is 2.27. The molecule has 2 N–H and O–H groups in total. The van der Waals surface area contributed by atoms with Crippen LogP contribution in [0.5, 0.6) is 0 Å². The van der Waals surface area contributed by atoms with Gasteiger partial charge in [-0.3, -0.25) is 4.79 Å². The number of benzene rings is 1. The minimum atomic E-state index is -0.224. The summed E-state index contributed by atoms with van der Waals surface area (Å²) in [6, 6.07) is 8.83. The third-order valence-corrected chi connectivity index (χ3v) is 2.95. The zero-order chi connectivity index (χ0) is 13.7.